The Balaban J connectivity index is 3.40. The maximum atomic E-state index is 10.6. The van der Waals surface area contributed by atoms with Gasteiger partial charge < -0.3 is 0 Å². The second kappa shape index (κ2) is 3.85. The average molecular weight is 189 g/mol. The third-order valence-electron chi connectivity index (χ3n) is 0.967. The SMILES string of the molecule is CC(C)CCP(=O)(Cl)Cl. The van der Waals surface area contributed by atoms with Crippen molar-refractivity contribution in [2.75, 3.05) is 6.16 Å². The molecule has 0 saturated heterocycles. The Morgan fingerprint density at radius 2 is 1.89 bits per heavy atom. The summed E-state index contributed by atoms with van der Waals surface area (Å²) in [6.45, 7) is 4.09. The minimum absolute atomic E-state index is 0.438. The highest BCUT2D eigenvalue weighted by Crippen LogP contribution is 2.57. The second-order valence-corrected chi connectivity index (χ2v) is 7.86. The molecule has 0 radical (unpaired) electrons. The molecule has 0 heterocycles. The first kappa shape index (κ1) is 9.81. The van der Waals surface area contributed by atoms with E-state index in [0.29, 0.717) is 12.1 Å². The molecule has 0 spiro atoms. The molecule has 0 N–H and O–H groups in total. The Bertz CT molecular complexity index is 118. The van der Waals surface area contributed by atoms with Crippen molar-refractivity contribution in [2.45, 2.75) is 20.3 Å². The molecule has 0 atom stereocenters. The van der Waals surface area contributed by atoms with E-state index in [0.717, 1.165) is 6.42 Å². The number of hydrogen-bond donors (Lipinski definition) is 0. The lowest BCUT2D eigenvalue weighted by atomic mass is 10.2. The Labute approximate surface area is 65.7 Å². The van der Waals surface area contributed by atoms with E-state index in [1.807, 2.05) is 13.8 Å². The van der Waals surface area contributed by atoms with Gasteiger partial charge in [0, 0.05) is 6.16 Å². The molecule has 0 saturated carbocycles. The van der Waals surface area contributed by atoms with Crippen LogP contribution >= 0.6 is 28.3 Å². The first-order valence-electron chi connectivity index (χ1n) is 2.90. The van der Waals surface area contributed by atoms with E-state index in [4.69, 9.17) is 22.5 Å². The predicted octanol–water partition coefficient (Wildman–Crippen LogP) is 3.70. The molecule has 0 aliphatic carbocycles. The molecule has 0 unspecified atom stereocenters. The van der Waals surface area contributed by atoms with Crippen LogP contribution in [-0.4, -0.2) is 6.16 Å². The van der Waals surface area contributed by atoms with Gasteiger partial charge in [-0.3, -0.25) is 4.57 Å². The lowest BCUT2D eigenvalue weighted by Gasteiger charge is -2.03. The monoisotopic (exact) mass is 188 g/mol. The first-order chi connectivity index (χ1) is 3.92. The van der Waals surface area contributed by atoms with E-state index >= 15 is 0 Å². The summed E-state index contributed by atoms with van der Waals surface area (Å²) in [5.74, 6) is -2.25. The lowest BCUT2D eigenvalue weighted by Crippen LogP contribution is -1.88. The minimum Gasteiger partial charge on any atom is -0.289 e. The van der Waals surface area contributed by atoms with Gasteiger partial charge in [0.05, 0.1) is 0 Å². The second-order valence-electron chi connectivity index (χ2n) is 2.48. The van der Waals surface area contributed by atoms with Crippen molar-refractivity contribution >= 4 is 28.3 Å². The van der Waals surface area contributed by atoms with Gasteiger partial charge in [0.15, 0.2) is 0 Å². The van der Waals surface area contributed by atoms with Crippen LogP contribution in [0.1, 0.15) is 20.3 Å². The van der Waals surface area contributed by atoms with Crippen LogP contribution in [0.5, 0.6) is 0 Å². The van der Waals surface area contributed by atoms with Crippen molar-refractivity contribution in [2.24, 2.45) is 5.92 Å². The maximum Gasteiger partial charge on any atom is 0.253 e. The van der Waals surface area contributed by atoms with Crippen LogP contribution in [0, 0.1) is 5.92 Å². The molecule has 0 aromatic rings. The molecule has 4 heteroatoms. The van der Waals surface area contributed by atoms with E-state index < -0.39 is 5.85 Å². The largest absolute Gasteiger partial charge is 0.289 e. The van der Waals surface area contributed by atoms with E-state index in [2.05, 4.69) is 0 Å². The molecule has 0 rings (SSSR count). The molecule has 0 aliphatic rings. The van der Waals surface area contributed by atoms with Crippen LogP contribution in [0.25, 0.3) is 0 Å². The van der Waals surface area contributed by atoms with Gasteiger partial charge in [-0.05, 0) is 34.8 Å². The van der Waals surface area contributed by atoms with Gasteiger partial charge in [-0.25, -0.2) is 0 Å². The number of rotatable bonds is 3. The highest BCUT2D eigenvalue weighted by molar-refractivity contribution is 8.08. The summed E-state index contributed by atoms with van der Waals surface area (Å²) >= 11 is 10.6. The zero-order valence-electron chi connectivity index (χ0n) is 5.60. The minimum atomic E-state index is -2.78. The number of hydrogen-bond acceptors (Lipinski definition) is 1. The maximum absolute atomic E-state index is 10.6. The molecule has 0 bridgehead atoms. The first-order valence-corrected chi connectivity index (χ1v) is 6.60. The van der Waals surface area contributed by atoms with E-state index in [-0.39, 0.29) is 0 Å². The summed E-state index contributed by atoms with van der Waals surface area (Å²) in [5, 5.41) is 0. The third-order valence-corrected chi connectivity index (χ3v) is 2.76. The highest BCUT2D eigenvalue weighted by Gasteiger charge is 2.13. The summed E-state index contributed by atoms with van der Waals surface area (Å²) < 4.78 is 10.6. The van der Waals surface area contributed by atoms with Gasteiger partial charge in [-0.2, -0.15) is 0 Å². The normalized spacial score (nSPS) is 12.6. The van der Waals surface area contributed by atoms with Crippen molar-refractivity contribution in [3.05, 3.63) is 0 Å². The van der Waals surface area contributed by atoms with E-state index in [1.165, 1.54) is 0 Å². The zero-order valence-corrected chi connectivity index (χ0v) is 8.01. The molecule has 0 aromatic carbocycles. The van der Waals surface area contributed by atoms with Crippen molar-refractivity contribution in [1.82, 2.24) is 0 Å². The molecule has 0 aliphatic heterocycles. The third kappa shape index (κ3) is 8.81. The molecular formula is C5H11Cl2OP. The fraction of sp³-hybridized carbons (Fsp3) is 1.00. The molecule has 0 amide bonds. The Morgan fingerprint density at radius 1 is 1.44 bits per heavy atom. The van der Waals surface area contributed by atoms with Gasteiger partial charge >= 0.3 is 0 Å². The Kier molecular flexibility index (Phi) is 4.20. The summed E-state index contributed by atoms with van der Waals surface area (Å²) in [6.07, 6.45) is 1.28. The van der Waals surface area contributed by atoms with E-state index in [9.17, 15) is 4.57 Å². The van der Waals surface area contributed by atoms with Crippen LogP contribution < -0.4 is 0 Å². The van der Waals surface area contributed by atoms with Gasteiger partial charge in [0.1, 0.15) is 0 Å². The van der Waals surface area contributed by atoms with Gasteiger partial charge in [-0.1, -0.05) is 13.8 Å². The molecule has 9 heavy (non-hydrogen) atoms. The fourth-order valence-corrected chi connectivity index (χ4v) is 1.81. The molecule has 56 valence electrons. The summed E-state index contributed by atoms with van der Waals surface area (Å²) in [6, 6.07) is 0. The van der Waals surface area contributed by atoms with Crippen LogP contribution in [0.4, 0.5) is 0 Å². The molecular weight excluding hydrogens is 178 g/mol. The van der Waals surface area contributed by atoms with Gasteiger partial charge in [-0.15, -0.1) is 0 Å². The smallest absolute Gasteiger partial charge is 0.253 e. The number of halogens is 2. The molecule has 0 fully saturated rings. The standard InChI is InChI=1S/C5H11Cl2OP/c1-5(2)3-4-9(6,7)8/h5H,3-4H2,1-2H3. The summed E-state index contributed by atoms with van der Waals surface area (Å²) in [4.78, 5) is 0. The Hall–Kier alpha value is 0.810. The van der Waals surface area contributed by atoms with Crippen LogP contribution in [0.2, 0.25) is 0 Å². The predicted molar refractivity (Wildman–Crippen MR) is 43.6 cm³/mol. The van der Waals surface area contributed by atoms with Crippen LogP contribution in [0.15, 0.2) is 0 Å². The zero-order chi connectivity index (χ0) is 7.49. The summed E-state index contributed by atoms with van der Waals surface area (Å²) in [7, 11) is 0. The quantitative estimate of drug-likeness (QED) is 0.618. The fourth-order valence-electron chi connectivity index (χ4n) is 0.408. The van der Waals surface area contributed by atoms with Crippen molar-refractivity contribution in [3.8, 4) is 0 Å². The van der Waals surface area contributed by atoms with Gasteiger partial charge in [0.25, 0.3) is 5.85 Å². The molecule has 0 aromatic heterocycles. The lowest BCUT2D eigenvalue weighted by molar-refractivity contribution is 0.578. The summed E-state index contributed by atoms with van der Waals surface area (Å²) in [5.41, 5.74) is 0. The van der Waals surface area contributed by atoms with E-state index in [1.54, 1.807) is 0 Å². The topological polar surface area (TPSA) is 17.1 Å². The average Bonchev–Trinajstić information content (AvgIpc) is 1.59. The molecule has 1 nitrogen and oxygen atoms in total. The van der Waals surface area contributed by atoms with Crippen molar-refractivity contribution in [1.29, 1.82) is 0 Å². The van der Waals surface area contributed by atoms with Crippen LogP contribution in [-0.2, 0) is 4.57 Å². The van der Waals surface area contributed by atoms with Crippen molar-refractivity contribution < 1.29 is 4.57 Å². The van der Waals surface area contributed by atoms with Crippen LogP contribution in [0.3, 0.4) is 0 Å². The van der Waals surface area contributed by atoms with Gasteiger partial charge in [0.2, 0.25) is 0 Å². The van der Waals surface area contributed by atoms with Crippen molar-refractivity contribution in [3.63, 3.8) is 0 Å². The Morgan fingerprint density at radius 3 is 2.00 bits per heavy atom. The highest BCUT2D eigenvalue weighted by atomic mass is 35.9.